The topological polar surface area (TPSA) is 29.3 Å². The average Bonchev–Trinajstić information content (AvgIpc) is 3.02. The van der Waals surface area contributed by atoms with Gasteiger partial charge in [-0.1, -0.05) is 54.1 Å². The van der Waals surface area contributed by atoms with E-state index in [1.165, 1.54) is 6.07 Å². The monoisotopic (exact) mass is 415 g/mol. The number of benzene rings is 2. The zero-order chi connectivity index (χ0) is 20.8. The molecule has 7 heteroatoms. The molecule has 0 radical (unpaired) electrons. The van der Waals surface area contributed by atoms with Gasteiger partial charge in [-0.15, -0.1) is 0 Å². The Labute approximate surface area is 170 Å². The summed E-state index contributed by atoms with van der Waals surface area (Å²) in [7, 11) is 0. The molecule has 0 aliphatic carbocycles. The largest absolute Gasteiger partial charge is 0.431 e. The van der Waals surface area contributed by atoms with Crippen molar-refractivity contribution in [2.24, 2.45) is 0 Å². The van der Waals surface area contributed by atoms with Crippen LogP contribution in [0, 0.1) is 13.8 Å². The van der Waals surface area contributed by atoms with Crippen molar-refractivity contribution in [3.05, 3.63) is 82.5 Å². The van der Waals surface area contributed by atoms with Crippen molar-refractivity contribution in [3.8, 4) is 11.3 Å². The van der Waals surface area contributed by atoms with E-state index in [1.807, 2.05) is 32.0 Å². The fourth-order valence-corrected chi connectivity index (χ4v) is 3.63. The molecule has 0 unspecified atom stereocenters. The van der Waals surface area contributed by atoms with Gasteiger partial charge in [0, 0.05) is 11.3 Å². The molecule has 4 aromatic rings. The predicted octanol–water partition coefficient (Wildman–Crippen LogP) is 7.03. The standard InChI is InChI=1S/C22H17ClF3N3/c1-13-7-5-8-14(2)19(13)28-21-20(15-9-3-4-10-16(15)23)27-18-12-6-11-17(29(18)21)22(24,25)26/h3-12,28H,1-2H3. The van der Waals surface area contributed by atoms with Gasteiger partial charge in [0.2, 0.25) is 0 Å². The van der Waals surface area contributed by atoms with Crippen molar-refractivity contribution in [1.29, 1.82) is 0 Å². The Morgan fingerprint density at radius 1 is 0.897 bits per heavy atom. The van der Waals surface area contributed by atoms with Gasteiger partial charge in [0.15, 0.2) is 0 Å². The average molecular weight is 416 g/mol. The van der Waals surface area contributed by atoms with E-state index in [0.717, 1.165) is 27.3 Å². The highest BCUT2D eigenvalue weighted by Gasteiger charge is 2.35. The van der Waals surface area contributed by atoms with Crippen LogP contribution in [0.3, 0.4) is 0 Å². The smallest absolute Gasteiger partial charge is 0.339 e. The van der Waals surface area contributed by atoms with Crippen LogP contribution >= 0.6 is 11.6 Å². The molecule has 0 aliphatic heterocycles. The minimum Gasteiger partial charge on any atom is -0.339 e. The second-order valence-corrected chi connectivity index (χ2v) is 7.19. The summed E-state index contributed by atoms with van der Waals surface area (Å²) in [5, 5.41) is 3.62. The molecule has 2 aromatic carbocycles. The third-order valence-corrected chi connectivity index (χ3v) is 5.12. The fraction of sp³-hybridized carbons (Fsp3) is 0.136. The number of alkyl halides is 3. The van der Waals surface area contributed by atoms with Crippen LogP contribution in [0.4, 0.5) is 24.7 Å². The molecule has 0 aliphatic rings. The van der Waals surface area contributed by atoms with Gasteiger partial charge >= 0.3 is 6.18 Å². The van der Waals surface area contributed by atoms with E-state index < -0.39 is 11.9 Å². The maximum Gasteiger partial charge on any atom is 0.431 e. The maximum atomic E-state index is 13.8. The first-order chi connectivity index (χ1) is 13.8. The summed E-state index contributed by atoms with van der Waals surface area (Å²) in [6.45, 7) is 3.80. The number of imidazole rings is 1. The zero-order valence-electron chi connectivity index (χ0n) is 15.7. The number of rotatable bonds is 3. The minimum absolute atomic E-state index is 0.184. The third kappa shape index (κ3) is 3.44. The van der Waals surface area contributed by atoms with Crippen molar-refractivity contribution in [1.82, 2.24) is 9.38 Å². The first-order valence-electron chi connectivity index (χ1n) is 8.94. The second kappa shape index (κ2) is 7.12. The minimum atomic E-state index is -4.55. The van der Waals surface area contributed by atoms with Crippen molar-refractivity contribution in [3.63, 3.8) is 0 Å². The first kappa shape index (κ1) is 19.3. The Morgan fingerprint density at radius 3 is 2.21 bits per heavy atom. The van der Waals surface area contributed by atoms with E-state index >= 15 is 0 Å². The Balaban J connectivity index is 2.06. The number of aryl methyl sites for hydroxylation is 2. The summed E-state index contributed by atoms with van der Waals surface area (Å²) in [4.78, 5) is 4.49. The van der Waals surface area contributed by atoms with Crippen LogP contribution in [0.15, 0.2) is 60.7 Å². The molecule has 148 valence electrons. The lowest BCUT2D eigenvalue weighted by Gasteiger charge is -2.17. The van der Waals surface area contributed by atoms with Crippen molar-refractivity contribution in [2.75, 3.05) is 5.32 Å². The number of halogens is 4. The number of anilines is 2. The predicted molar refractivity (Wildman–Crippen MR) is 110 cm³/mol. The molecular formula is C22H17ClF3N3. The van der Waals surface area contributed by atoms with Crippen molar-refractivity contribution < 1.29 is 13.2 Å². The fourth-order valence-electron chi connectivity index (χ4n) is 3.40. The van der Waals surface area contributed by atoms with Crippen LogP contribution in [0.1, 0.15) is 16.8 Å². The molecule has 4 rings (SSSR count). The normalized spacial score (nSPS) is 11.8. The van der Waals surface area contributed by atoms with Gasteiger partial charge in [0.25, 0.3) is 0 Å². The lowest BCUT2D eigenvalue weighted by Crippen LogP contribution is -2.13. The zero-order valence-corrected chi connectivity index (χ0v) is 16.4. The molecule has 0 saturated carbocycles. The lowest BCUT2D eigenvalue weighted by atomic mass is 10.1. The van der Waals surface area contributed by atoms with Crippen LogP contribution in [-0.4, -0.2) is 9.38 Å². The van der Waals surface area contributed by atoms with Crippen LogP contribution < -0.4 is 5.32 Å². The summed E-state index contributed by atoms with van der Waals surface area (Å²) in [6.07, 6.45) is -4.55. The number of pyridine rings is 1. The highest BCUT2D eigenvalue weighted by molar-refractivity contribution is 6.33. The number of hydrogen-bond donors (Lipinski definition) is 1. The summed E-state index contributed by atoms with van der Waals surface area (Å²) in [6, 6.07) is 16.6. The molecule has 0 amide bonds. The molecule has 0 fully saturated rings. The van der Waals surface area contributed by atoms with Gasteiger partial charge in [0.05, 0.1) is 5.02 Å². The first-order valence-corrected chi connectivity index (χ1v) is 9.32. The van der Waals surface area contributed by atoms with Gasteiger partial charge in [-0.3, -0.25) is 4.40 Å². The number of hydrogen-bond acceptors (Lipinski definition) is 2. The summed E-state index contributed by atoms with van der Waals surface area (Å²) >= 11 is 6.35. The number of para-hydroxylation sites is 1. The number of fused-ring (bicyclic) bond motifs is 1. The lowest BCUT2D eigenvalue weighted by molar-refractivity contribution is -0.141. The number of nitrogens with zero attached hydrogens (tertiary/aromatic N) is 2. The molecule has 2 heterocycles. The van der Waals surface area contributed by atoms with E-state index in [-0.39, 0.29) is 11.5 Å². The third-order valence-electron chi connectivity index (χ3n) is 4.79. The summed E-state index contributed by atoms with van der Waals surface area (Å²) < 4.78 is 42.5. The molecular weight excluding hydrogens is 399 g/mol. The van der Waals surface area contributed by atoms with Crippen LogP contribution in [0.2, 0.25) is 5.02 Å². The van der Waals surface area contributed by atoms with Crippen LogP contribution in [0.5, 0.6) is 0 Å². The highest BCUT2D eigenvalue weighted by Crippen LogP contribution is 2.39. The Bertz CT molecular complexity index is 1190. The molecule has 29 heavy (non-hydrogen) atoms. The van der Waals surface area contributed by atoms with Crippen LogP contribution in [-0.2, 0) is 6.18 Å². The Morgan fingerprint density at radius 2 is 1.55 bits per heavy atom. The highest BCUT2D eigenvalue weighted by atomic mass is 35.5. The van der Waals surface area contributed by atoms with Crippen molar-refractivity contribution >= 4 is 28.8 Å². The van der Waals surface area contributed by atoms with Gasteiger partial charge in [-0.25, -0.2) is 4.98 Å². The maximum absolute atomic E-state index is 13.8. The van der Waals surface area contributed by atoms with Gasteiger partial charge < -0.3 is 5.32 Å². The Hall–Kier alpha value is -2.99. The number of aromatic nitrogens is 2. The Kier molecular flexibility index (Phi) is 4.74. The summed E-state index contributed by atoms with van der Waals surface area (Å²) in [5.74, 6) is 0.221. The SMILES string of the molecule is Cc1cccc(C)c1Nc1c(-c2ccccc2Cl)nc2cccc(C(F)(F)F)n12. The van der Waals surface area contributed by atoms with E-state index in [1.54, 1.807) is 30.3 Å². The number of nitrogens with one attached hydrogen (secondary N) is 1. The molecule has 0 bridgehead atoms. The van der Waals surface area contributed by atoms with Gasteiger partial charge in [0.1, 0.15) is 22.9 Å². The van der Waals surface area contributed by atoms with E-state index in [4.69, 9.17) is 11.6 Å². The molecule has 0 spiro atoms. The van der Waals surface area contributed by atoms with Gasteiger partial charge in [-0.2, -0.15) is 13.2 Å². The summed E-state index contributed by atoms with van der Waals surface area (Å²) in [5.41, 5.74) is 2.84. The molecule has 1 N–H and O–H groups in total. The molecule has 0 atom stereocenters. The molecule has 0 saturated heterocycles. The van der Waals surface area contributed by atoms with E-state index in [0.29, 0.717) is 16.3 Å². The van der Waals surface area contributed by atoms with Crippen molar-refractivity contribution in [2.45, 2.75) is 20.0 Å². The van der Waals surface area contributed by atoms with Crippen LogP contribution in [0.25, 0.3) is 16.9 Å². The van der Waals surface area contributed by atoms with Gasteiger partial charge in [-0.05, 0) is 43.2 Å². The quantitative estimate of drug-likeness (QED) is 0.389. The van der Waals surface area contributed by atoms with E-state index in [9.17, 15) is 13.2 Å². The molecule has 3 nitrogen and oxygen atoms in total. The second-order valence-electron chi connectivity index (χ2n) is 6.78. The molecule has 2 aromatic heterocycles. The van der Waals surface area contributed by atoms with E-state index in [2.05, 4.69) is 10.3 Å².